The normalized spacial score (nSPS) is 28.0. The van der Waals surface area contributed by atoms with E-state index in [0.717, 1.165) is 19.4 Å². The van der Waals surface area contributed by atoms with Crippen LogP contribution >= 0.6 is 0 Å². The number of aromatic nitrogens is 2. The van der Waals surface area contributed by atoms with E-state index in [1.807, 2.05) is 11.9 Å². The molecular weight excluding hydrogens is 292 g/mol. The molecular formula is C17H24N4O2. The molecule has 124 valence electrons. The van der Waals surface area contributed by atoms with E-state index in [0.29, 0.717) is 24.6 Å². The second-order valence-corrected chi connectivity index (χ2v) is 7.33. The predicted molar refractivity (Wildman–Crippen MR) is 84.7 cm³/mol. The average molecular weight is 316 g/mol. The topological polar surface area (TPSA) is 58.4 Å². The molecule has 6 nitrogen and oxygen atoms in total. The van der Waals surface area contributed by atoms with Gasteiger partial charge in [0.15, 0.2) is 0 Å². The van der Waals surface area contributed by atoms with Gasteiger partial charge in [0.1, 0.15) is 0 Å². The second kappa shape index (κ2) is 5.65. The summed E-state index contributed by atoms with van der Waals surface area (Å²) in [6.45, 7) is 2.13. The SMILES string of the molecule is Cn1cc(C(=O)N2C[C@H]3CC[C@@H](C2)N(CC2CCC2)C3=O)cn1. The van der Waals surface area contributed by atoms with Gasteiger partial charge in [0.2, 0.25) is 5.91 Å². The average Bonchev–Trinajstić information content (AvgIpc) is 2.75. The van der Waals surface area contributed by atoms with Gasteiger partial charge in [0.25, 0.3) is 5.91 Å². The zero-order valence-corrected chi connectivity index (χ0v) is 13.6. The summed E-state index contributed by atoms with van der Waals surface area (Å²) in [6, 6.07) is 0.197. The molecule has 5 rings (SSSR count). The number of aryl methyl sites for hydroxylation is 1. The van der Waals surface area contributed by atoms with E-state index in [4.69, 9.17) is 0 Å². The molecule has 1 aromatic heterocycles. The van der Waals surface area contributed by atoms with Gasteiger partial charge in [-0.25, -0.2) is 0 Å². The lowest BCUT2D eigenvalue weighted by Gasteiger charge is -2.40. The molecule has 2 bridgehead atoms. The molecule has 1 saturated carbocycles. The first-order valence-electron chi connectivity index (χ1n) is 8.70. The number of rotatable bonds is 3. The van der Waals surface area contributed by atoms with E-state index < -0.39 is 0 Å². The number of piperidine rings is 1. The molecule has 0 radical (unpaired) electrons. The maximum absolute atomic E-state index is 12.8. The Hall–Kier alpha value is -1.85. The lowest BCUT2D eigenvalue weighted by Crippen LogP contribution is -2.50. The minimum absolute atomic E-state index is 0.00768. The van der Waals surface area contributed by atoms with Crippen LogP contribution in [-0.4, -0.2) is 57.1 Å². The molecule has 6 heteroatoms. The summed E-state index contributed by atoms with van der Waals surface area (Å²) in [6.07, 6.45) is 9.11. The lowest BCUT2D eigenvalue weighted by molar-refractivity contribution is -0.141. The number of hydrogen-bond acceptors (Lipinski definition) is 3. The third kappa shape index (κ3) is 2.64. The van der Waals surface area contributed by atoms with E-state index in [-0.39, 0.29) is 23.8 Å². The van der Waals surface area contributed by atoms with Crippen molar-refractivity contribution in [3.8, 4) is 0 Å². The molecule has 0 N–H and O–H groups in total. The molecule has 2 amide bonds. The molecule has 4 fully saturated rings. The second-order valence-electron chi connectivity index (χ2n) is 7.33. The maximum atomic E-state index is 12.8. The van der Waals surface area contributed by atoms with Crippen molar-refractivity contribution in [3.05, 3.63) is 18.0 Å². The maximum Gasteiger partial charge on any atom is 0.257 e. The molecule has 23 heavy (non-hydrogen) atoms. The minimum Gasteiger partial charge on any atom is -0.337 e. The molecule has 0 spiro atoms. The largest absolute Gasteiger partial charge is 0.337 e. The first-order valence-corrected chi connectivity index (χ1v) is 8.70. The van der Waals surface area contributed by atoms with Crippen LogP contribution in [0.1, 0.15) is 42.5 Å². The standard InChI is InChI=1S/C17H24N4O2/c1-19-9-14(7-18-19)16(22)20-10-13-5-6-15(11-20)21(17(13)23)8-12-3-2-4-12/h7,9,12-13,15H,2-6,8,10-11H2,1H3/t13-,15+/m1/s1. The van der Waals surface area contributed by atoms with Gasteiger partial charge in [0, 0.05) is 38.9 Å². The van der Waals surface area contributed by atoms with Crippen molar-refractivity contribution in [3.63, 3.8) is 0 Å². The van der Waals surface area contributed by atoms with Gasteiger partial charge in [-0.2, -0.15) is 5.10 Å². The van der Waals surface area contributed by atoms with Crippen LogP contribution in [-0.2, 0) is 11.8 Å². The lowest BCUT2D eigenvalue weighted by atomic mass is 9.83. The van der Waals surface area contributed by atoms with Crippen LogP contribution < -0.4 is 0 Å². The van der Waals surface area contributed by atoms with E-state index in [1.165, 1.54) is 19.3 Å². The Kier molecular flexibility index (Phi) is 3.62. The monoisotopic (exact) mass is 316 g/mol. The van der Waals surface area contributed by atoms with Gasteiger partial charge >= 0.3 is 0 Å². The zero-order valence-electron chi connectivity index (χ0n) is 13.6. The number of hydrogen-bond donors (Lipinski definition) is 0. The molecule has 0 unspecified atom stereocenters. The number of fused-ring (bicyclic) bond motifs is 4. The molecule has 4 heterocycles. The molecule has 1 aliphatic carbocycles. The molecule has 2 atom stereocenters. The van der Waals surface area contributed by atoms with Crippen molar-refractivity contribution in [2.75, 3.05) is 19.6 Å². The minimum atomic E-state index is -0.0190. The van der Waals surface area contributed by atoms with Crippen molar-refractivity contribution < 1.29 is 9.59 Å². The van der Waals surface area contributed by atoms with Crippen LogP contribution in [0.25, 0.3) is 0 Å². The number of carbonyl (C=O) groups is 2. The Bertz CT molecular complexity index is 622. The van der Waals surface area contributed by atoms with Gasteiger partial charge in [0.05, 0.1) is 17.7 Å². The van der Waals surface area contributed by atoms with Crippen LogP contribution in [0.15, 0.2) is 12.4 Å². The first-order chi connectivity index (χ1) is 11.1. The van der Waals surface area contributed by atoms with E-state index in [1.54, 1.807) is 17.1 Å². The summed E-state index contributed by atoms with van der Waals surface area (Å²) in [5.41, 5.74) is 0.617. The van der Waals surface area contributed by atoms with Crippen LogP contribution in [0.3, 0.4) is 0 Å². The molecule has 0 aromatic carbocycles. The molecule has 4 aliphatic rings. The summed E-state index contributed by atoms with van der Waals surface area (Å²) < 4.78 is 1.65. The summed E-state index contributed by atoms with van der Waals surface area (Å²) >= 11 is 0. The fourth-order valence-electron chi connectivity index (χ4n) is 4.11. The highest BCUT2D eigenvalue weighted by atomic mass is 16.2. The Labute approximate surface area is 136 Å². The third-order valence-corrected chi connectivity index (χ3v) is 5.71. The first kappa shape index (κ1) is 14.7. The molecule has 3 aliphatic heterocycles. The number of carbonyl (C=O) groups excluding carboxylic acids is 2. The quantitative estimate of drug-likeness (QED) is 0.844. The van der Waals surface area contributed by atoms with Crippen molar-refractivity contribution in [2.24, 2.45) is 18.9 Å². The third-order valence-electron chi connectivity index (χ3n) is 5.71. The Morgan fingerprint density at radius 2 is 2.09 bits per heavy atom. The van der Waals surface area contributed by atoms with E-state index in [2.05, 4.69) is 10.00 Å². The number of amides is 2. The van der Waals surface area contributed by atoms with Crippen LogP contribution in [0.2, 0.25) is 0 Å². The smallest absolute Gasteiger partial charge is 0.257 e. The van der Waals surface area contributed by atoms with Crippen molar-refractivity contribution in [1.29, 1.82) is 0 Å². The Morgan fingerprint density at radius 3 is 2.74 bits per heavy atom. The molecule has 1 aromatic rings. The summed E-state index contributed by atoms with van der Waals surface area (Å²) in [7, 11) is 1.81. The van der Waals surface area contributed by atoms with Crippen LogP contribution in [0.4, 0.5) is 0 Å². The fraction of sp³-hybridized carbons (Fsp3) is 0.706. The van der Waals surface area contributed by atoms with E-state index in [9.17, 15) is 9.59 Å². The van der Waals surface area contributed by atoms with Gasteiger partial charge in [-0.05, 0) is 31.6 Å². The van der Waals surface area contributed by atoms with Crippen LogP contribution in [0, 0.1) is 11.8 Å². The fourth-order valence-corrected chi connectivity index (χ4v) is 4.11. The van der Waals surface area contributed by atoms with Crippen LogP contribution in [0.5, 0.6) is 0 Å². The van der Waals surface area contributed by atoms with Gasteiger partial charge < -0.3 is 9.80 Å². The van der Waals surface area contributed by atoms with Crippen molar-refractivity contribution >= 4 is 11.8 Å². The predicted octanol–water partition coefficient (Wildman–Crippen LogP) is 1.28. The van der Waals surface area contributed by atoms with E-state index >= 15 is 0 Å². The van der Waals surface area contributed by atoms with Gasteiger partial charge in [-0.1, -0.05) is 6.42 Å². The van der Waals surface area contributed by atoms with Gasteiger partial charge in [-0.3, -0.25) is 14.3 Å². The van der Waals surface area contributed by atoms with Crippen molar-refractivity contribution in [1.82, 2.24) is 19.6 Å². The molecule has 3 saturated heterocycles. The summed E-state index contributed by atoms with van der Waals surface area (Å²) in [5.74, 6) is 0.943. The Balaban J connectivity index is 1.52. The summed E-state index contributed by atoms with van der Waals surface area (Å²) in [4.78, 5) is 29.5. The Morgan fingerprint density at radius 1 is 1.26 bits per heavy atom. The summed E-state index contributed by atoms with van der Waals surface area (Å²) in [5, 5.41) is 4.09. The highest BCUT2D eigenvalue weighted by Gasteiger charge is 2.43. The highest BCUT2D eigenvalue weighted by molar-refractivity contribution is 5.94. The zero-order chi connectivity index (χ0) is 16.0. The highest BCUT2D eigenvalue weighted by Crippen LogP contribution is 2.34. The van der Waals surface area contributed by atoms with Gasteiger partial charge in [-0.15, -0.1) is 0 Å². The number of nitrogens with zero attached hydrogens (tertiary/aromatic N) is 4. The van der Waals surface area contributed by atoms with Crippen molar-refractivity contribution in [2.45, 2.75) is 38.1 Å².